The normalized spacial score (nSPS) is 12.2. The van der Waals surface area contributed by atoms with Crippen molar-refractivity contribution >= 4 is 23.2 Å². The summed E-state index contributed by atoms with van der Waals surface area (Å²) < 4.78 is 18.6. The minimum absolute atomic E-state index is 0.191. The number of hydrogen-bond acceptors (Lipinski definition) is 2. The van der Waals surface area contributed by atoms with Gasteiger partial charge < -0.3 is 10.5 Å². The van der Waals surface area contributed by atoms with Crippen molar-refractivity contribution in [2.24, 2.45) is 5.73 Å². The number of benzene rings is 2. The van der Waals surface area contributed by atoms with Crippen LogP contribution in [-0.2, 0) is 6.42 Å². The molecule has 0 aromatic heterocycles. The van der Waals surface area contributed by atoms with Gasteiger partial charge in [0.05, 0.1) is 7.11 Å². The monoisotopic (exact) mass is 313 g/mol. The molecule has 2 nitrogen and oxygen atoms in total. The zero-order chi connectivity index (χ0) is 14.7. The van der Waals surface area contributed by atoms with Gasteiger partial charge in [0.1, 0.15) is 0 Å². The van der Waals surface area contributed by atoms with Gasteiger partial charge in [-0.25, -0.2) is 4.39 Å². The number of hydrogen-bond donors (Lipinski definition) is 1. The maximum atomic E-state index is 13.7. The van der Waals surface area contributed by atoms with Crippen LogP contribution in [0.25, 0.3) is 0 Å². The van der Waals surface area contributed by atoms with Gasteiger partial charge in [-0.2, -0.15) is 0 Å². The van der Waals surface area contributed by atoms with Crippen LogP contribution in [0.4, 0.5) is 4.39 Å². The standard InChI is InChI=1S/C15H14Cl2FNO/c1-20-15-6-5-9(7-13(15)18)14(19)8-10-11(16)3-2-4-12(10)17/h2-7,14H,8,19H2,1H3. The Bertz CT molecular complexity index is 599. The van der Waals surface area contributed by atoms with E-state index in [0.29, 0.717) is 22.0 Å². The van der Waals surface area contributed by atoms with Crippen LogP contribution in [0.2, 0.25) is 10.0 Å². The minimum Gasteiger partial charge on any atom is -0.494 e. The molecule has 0 heterocycles. The lowest BCUT2D eigenvalue weighted by atomic mass is 9.99. The summed E-state index contributed by atoms with van der Waals surface area (Å²) in [5.74, 6) is -0.248. The van der Waals surface area contributed by atoms with Crippen LogP contribution in [-0.4, -0.2) is 7.11 Å². The van der Waals surface area contributed by atoms with E-state index in [1.54, 1.807) is 30.3 Å². The fraction of sp³-hybridized carbons (Fsp3) is 0.200. The second-order valence-electron chi connectivity index (χ2n) is 4.40. The Labute approximate surface area is 127 Å². The zero-order valence-electron chi connectivity index (χ0n) is 10.9. The summed E-state index contributed by atoms with van der Waals surface area (Å²) in [6.45, 7) is 0. The van der Waals surface area contributed by atoms with Gasteiger partial charge in [0.25, 0.3) is 0 Å². The third kappa shape index (κ3) is 3.23. The van der Waals surface area contributed by atoms with Crippen molar-refractivity contribution in [3.8, 4) is 5.75 Å². The largest absolute Gasteiger partial charge is 0.494 e. The van der Waals surface area contributed by atoms with E-state index in [-0.39, 0.29) is 5.75 Å². The molecular weight excluding hydrogens is 300 g/mol. The van der Waals surface area contributed by atoms with Crippen LogP contribution in [0.5, 0.6) is 5.75 Å². The van der Waals surface area contributed by atoms with E-state index in [2.05, 4.69) is 0 Å². The van der Waals surface area contributed by atoms with Crippen molar-refractivity contribution in [1.29, 1.82) is 0 Å². The van der Waals surface area contributed by atoms with Gasteiger partial charge >= 0.3 is 0 Å². The number of methoxy groups -OCH3 is 1. The molecule has 0 spiro atoms. The number of halogens is 3. The summed E-state index contributed by atoms with van der Waals surface area (Å²) in [5, 5.41) is 1.11. The molecule has 0 saturated carbocycles. The molecule has 2 N–H and O–H groups in total. The van der Waals surface area contributed by atoms with Crippen molar-refractivity contribution in [1.82, 2.24) is 0 Å². The molecule has 0 amide bonds. The van der Waals surface area contributed by atoms with E-state index in [4.69, 9.17) is 33.7 Å². The number of rotatable bonds is 4. The van der Waals surface area contributed by atoms with Gasteiger partial charge in [-0.15, -0.1) is 0 Å². The molecule has 0 aliphatic heterocycles. The highest BCUT2D eigenvalue weighted by molar-refractivity contribution is 6.36. The van der Waals surface area contributed by atoms with Crippen molar-refractivity contribution in [2.45, 2.75) is 12.5 Å². The van der Waals surface area contributed by atoms with Gasteiger partial charge in [0, 0.05) is 16.1 Å². The molecule has 0 saturated heterocycles. The summed E-state index contributed by atoms with van der Waals surface area (Å²) in [7, 11) is 1.42. The molecule has 0 bridgehead atoms. The smallest absolute Gasteiger partial charge is 0.165 e. The Balaban J connectivity index is 2.24. The summed E-state index contributed by atoms with van der Waals surface area (Å²) in [6, 6.07) is 9.54. The fourth-order valence-electron chi connectivity index (χ4n) is 1.98. The highest BCUT2D eigenvalue weighted by Gasteiger charge is 2.14. The molecule has 0 aliphatic carbocycles. The van der Waals surface area contributed by atoms with Crippen molar-refractivity contribution in [2.75, 3.05) is 7.11 Å². The Kier molecular flexibility index (Phi) is 4.86. The van der Waals surface area contributed by atoms with Gasteiger partial charge in [-0.05, 0) is 41.8 Å². The molecule has 0 aliphatic rings. The molecule has 1 atom stereocenters. The lowest BCUT2D eigenvalue weighted by Gasteiger charge is -2.15. The van der Waals surface area contributed by atoms with Crippen LogP contribution < -0.4 is 10.5 Å². The van der Waals surface area contributed by atoms with Crippen molar-refractivity contribution in [3.63, 3.8) is 0 Å². The van der Waals surface area contributed by atoms with Gasteiger partial charge in [-0.1, -0.05) is 35.3 Å². The van der Waals surface area contributed by atoms with Crippen molar-refractivity contribution < 1.29 is 9.13 Å². The topological polar surface area (TPSA) is 35.2 Å². The van der Waals surface area contributed by atoms with E-state index < -0.39 is 11.9 Å². The van der Waals surface area contributed by atoms with Gasteiger partial charge in [-0.3, -0.25) is 0 Å². The third-order valence-electron chi connectivity index (χ3n) is 3.09. The third-order valence-corrected chi connectivity index (χ3v) is 3.80. The highest BCUT2D eigenvalue weighted by Crippen LogP contribution is 2.29. The Hall–Kier alpha value is -1.29. The van der Waals surface area contributed by atoms with Gasteiger partial charge in [0.15, 0.2) is 11.6 Å². The van der Waals surface area contributed by atoms with Crippen molar-refractivity contribution in [3.05, 3.63) is 63.4 Å². The van der Waals surface area contributed by atoms with Crippen LogP contribution in [0, 0.1) is 5.82 Å². The second kappa shape index (κ2) is 6.44. The summed E-state index contributed by atoms with van der Waals surface area (Å²) in [5.41, 5.74) is 7.53. The molecule has 5 heteroatoms. The Morgan fingerprint density at radius 1 is 1.20 bits per heavy atom. The molecule has 2 rings (SSSR count). The van der Waals surface area contributed by atoms with Gasteiger partial charge in [0.2, 0.25) is 0 Å². The molecular formula is C15H14Cl2FNO. The predicted molar refractivity (Wildman–Crippen MR) is 80.0 cm³/mol. The summed E-state index contributed by atoms with van der Waals surface area (Å²) in [4.78, 5) is 0. The van der Waals surface area contributed by atoms with Crippen LogP contribution in [0.3, 0.4) is 0 Å². The van der Waals surface area contributed by atoms with E-state index in [1.807, 2.05) is 0 Å². The van der Waals surface area contributed by atoms with E-state index in [1.165, 1.54) is 13.2 Å². The molecule has 20 heavy (non-hydrogen) atoms. The average molecular weight is 314 g/mol. The molecule has 2 aromatic rings. The Morgan fingerprint density at radius 3 is 2.40 bits per heavy atom. The first kappa shape index (κ1) is 15.1. The summed E-state index contributed by atoms with van der Waals surface area (Å²) in [6.07, 6.45) is 0.435. The number of ether oxygens (including phenoxy) is 1. The maximum absolute atomic E-state index is 13.7. The fourth-order valence-corrected chi connectivity index (χ4v) is 2.53. The van der Waals surface area contributed by atoms with Crippen LogP contribution >= 0.6 is 23.2 Å². The molecule has 106 valence electrons. The quantitative estimate of drug-likeness (QED) is 0.909. The number of nitrogens with two attached hydrogens (primary N) is 1. The highest BCUT2D eigenvalue weighted by atomic mass is 35.5. The minimum atomic E-state index is -0.439. The predicted octanol–water partition coefficient (Wildman–Crippen LogP) is 4.38. The lowest BCUT2D eigenvalue weighted by Crippen LogP contribution is -2.14. The second-order valence-corrected chi connectivity index (χ2v) is 5.22. The first-order valence-electron chi connectivity index (χ1n) is 6.05. The van der Waals surface area contributed by atoms with E-state index in [9.17, 15) is 4.39 Å². The van der Waals surface area contributed by atoms with E-state index >= 15 is 0 Å². The lowest BCUT2D eigenvalue weighted by molar-refractivity contribution is 0.386. The molecule has 2 aromatic carbocycles. The van der Waals surface area contributed by atoms with E-state index in [0.717, 1.165) is 5.56 Å². The summed E-state index contributed by atoms with van der Waals surface area (Å²) >= 11 is 12.2. The average Bonchev–Trinajstić information content (AvgIpc) is 2.42. The Morgan fingerprint density at radius 2 is 1.85 bits per heavy atom. The zero-order valence-corrected chi connectivity index (χ0v) is 12.4. The maximum Gasteiger partial charge on any atom is 0.165 e. The molecule has 1 unspecified atom stereocenters. The van der Waals surface area contributed by atoms with Crippen LogP contribution in [0.15, 0.2) is 36.4 Å². The first-order chi connectivity index (χ1) is 9.52. The molecule has 0 radical (unpaired) electrons. The SMILES string of the molecule is COc1ccc(C(N)Cc2c(Cl)cccc2Cl)cc1F. The molecule has 0 fully saturated rings. The first-order valence-corrected chi connectivity index (χ1v) is 6.80. The van der Waals surface area contributed by atoms with Crippen LogP contribution in [0.1, 0.15) is 17.2 Å².